The molecule has 0 N–H and O–H groups in total. The molecular weight excluding hydrogens is 294 g/mol. The lowest BCUT2D eigenvalue weighted by Gasteiger charge is -2.15. The molecule has 5 nitrogen and oxygen atoms in total. The van der Waals surface area contributed by atoms with E-state index in [1.165, 1.54) is 12.0 Å². The molecule has 0 spiro atoms. The van der Waals surface area contributed by atoms with Gasteiger partial charge in [-0.1, -0.05) is 48.5 Å². The first-order valence-corrected chi connectivity index (χ1v) is 7.44. The van der Waals surface area contributed by atoms with Crippen molar-refractivity contribution in [2.45, 2.75) is 12.1 Å². The Morgan fingerprint density at radius 3 is 2.13 bits per heavy atom. The van der Waals surface area contributed by atoms with E-state index in [0.717, 1.165) is 22.3 Å². The maximum absolute atomic E-state index is 12.3. The first-order valence-electron chi connectivity index (χ1n) is 7.44. The SMILES string of the molecule is COC(=O)C1CN1C(=O)OC1c2ccccc2-c2ccccc21. The molecule has 1 amide bonds. The lowest BCUT2D eigenvalue weighted by Crippen LogP contribution is -2.22. The van der Waals surface area contributed by atoms with E-state index < -0.39 is 24.2 Å². The zero-order valence-electron chi connectivity index (χ0n) is 12.6. The van der Waals surface area contributed by atoms with Crippen molar-refractivity contribution in [2.75, 3.05) is 13.7 Å². The van der Waals surface area contributed by atoms with E-state index in [4.69, 9.17) is 4.74 Å². The van der Waals surface area contributed by atoms with Crippen molar-refractivity contribution in [2.24, 2.45) is 0 Å². The molecule has 1 fully saturated rings. The average molecular weight is 309 g/mol. The lowest BCUT2D eigenvalue weighted by molar-refractivity contribution is -0.140. The fourth-order valence-corrected chi connectivity index (χ4v) is 3.08. The van der Waals surface area contributed by atoms with E-state index in [1.807, 2.05) is 48.5 Å². The second kappa shape index (κ2) is 5.12. The van der Waals surface area contributed by atoms with Crippen molar-refractivity contribution >= 4 is 12.1 Å². The number of hydrogen-bond acceptors (Lipinski definition) is 4. The van der Waals surface area contributed by atoms with Crippen molar-refractivity contribution in [3.05, 3.63) is 59.7 Å². The summed E-state index contributed by atoms with van der Waals surface area (Å²) in [6.07, 6.45) is -0.925. The number of ether oxygens (including phenoxy) is 2. The number of hydrogen-bond donors (Lipinski definition) is 0. The second-order valence-corrected chi connectivity index (χ2v) is 5.63. The number of rotatable bonds is 2. The van der Waals surface area contributed by atoms with Gasteiger partial charge in [0.2, 0.25) is 0 Å². The van der Waals surface area contributed by atoms with Gasteiger partial charge in [0, 0.05) is 11.1 Å². The average Bonchev–Trinajstić information content (AvgIpc) is 3.34. The van der Waals surface area contributed by atoms with Gasteiger partial charge >= 0.3 is 12.1 Å². The molecule has 2 aromatic carbocycles. The minimum absolute atomic E-state index is 0.349. The number of benzene rings is 2. The molecule has 1 saturated heterocycles. The minimum Gasteiger partial charge on any atom is -0.467 e. The molecule has 1 aliphatic heterocycles. The van der Waals surface area contributed by atoms with Crippen LogP contribution < -0.4 is 0 Å². The van der Waals surface area contributed by atoms with E-state index >= 15 is 0 Å². The summed E-state index contributed by atoms with van der Waals surface area (Å²) in [4.78, 5) is 25.1. The van der Waals surface area contributed by atoms with Gasteiger partial charge in [-0.25, -0.2) is 9.59 Å². The Labute approximate surface area is 133 Å². The number of carbonyl (C=O) groups is 2. The summed E-state index contributed by atoms with van der Waals surface area (Å²) in [5.74, 6) is -0.408. The van der Waals surface area contributed by atoms with Crippen molar-refractivity contribution in [3.63, 3.8) is 0 Å². The van der Waals surface area contributed by atoms with Crippen LogP contribution in [0.3, 0.4) is 0 Å². The molecule has 116 valence electrons. The van der Waals surface area contributed by atoms with Gasteiger partial charge in [-0.3, -0.25) is 4.90 Å². The predicted octanol–water partition coefficient (Wildman–Crippen LogP) is 2.75. The summed E-state index contributed by atoms with van der Waals surface area (Å²) < 4.78 is 10.3. The zero-order valence-corrected chi connectivity index (χ0v) is 12.6. The van der Waals surface area contributed by atoms with Crippen LogP contribution in [0.1, 0.15) is 17.2 Å². The normalized spacial score (nSPS) is 18.1. The number of amides is 1. The molecule has 2 aromatic rings. The highest BCUT2D eigenvalue weighted by atomic mass is 16.6. The second-order valence-electron chi connectivity index (χ2n) is 5.63. The van der Waals surface area contributed by atoms with E-state index in [1.54, 1.807) is 0 Å². The molecule has 2 aliphatic rings. The van der Waals surface area contributed by atoms with Gasteiger partial charge in [-0.15, -0.1) is 0 Å². The maximum Gasteiger partial charge on any atom is 0.411 e. The van der Waals surface area contributed by atoms with Crippen LogP contribution >= 0.6 is 0 Å². The van der Waals surface area contributed by atoms with Gasteiger partial charge < -0.3 is 9.47 Å². The highest BCUT2D eigenvalue weighted by Gasteiger charge is 2.47. The smallest absolute Gasteiger partial charge is 0.411 e. The van der Waals surface area contributed by atoms with Gasteiger partial charge in [-0.2, -0.15) is 0 Å². The van der Waals surface area contributed by atoms with Crippen LogP contribution in [0, 0.1) is 0 Å². The Morgan fingerprint density at radius 1 is 1.00 bits per heavy atom. The van der Waals surface area contributed by atoms with Crippen LogP contribution in [-0.4, -0.2) is 36.7 Å². The van der Waals surface area contributed by atoms with Crippen molar-refractivity contribution in [1.82, 2.24) is 4.90 Å². The number of carbonyl (C=O) groups excluding carboxylic acids is 2. The summed E-state index contributed by atoms with van der Waals surface area (Å²) in [7, 11) is 1.31. The van der Waals surface area contributed by atoms with Crippen molar-refractivity contribution in [3.8, 4) is 11.1 Å². The third-order valence-corrected chi connectivity index (χ3v) is 4.32. The zero-order chi connectivity index (χ0) is 16.0. The monoisotopic (exact) mass is 309 g/mol. The Balaban J connectivity index is 1.60. The number of nitrogens with zero attached hydrogens (tertiary/aromatic N) is 1. The molecule has 4 rings (SSSR count). The molecule has 1 atom stereocenters. The Morgan fingerprint density at radius 2 is 1.57 bits per heavy atom. The standard InChI is InChI=1S/C18H15NO4/c1-22-17(20)15-10-19(15)18(21)23-16-13-8-4-2-6-11(13)12-7-3-5-9-14(12)16/h2-9,15-16H,10H2,1H3. The molecule has 0 radical (unpaired) electrons. The Kier molecular flexibility index (Phi) is 3.08. The number of fused-ring (bicyclic) bond motifs is 3. The summed E-state index contributed by atoms with van der Waals surface area (Å²) in [6, 6.07) is 15.3. The van der Waals surface area contributed by atoms with Crippen LogP contribution in [-0.2, 0) is 14.3 Å². The first kappa shape index (κ1) is 13.8. The van der Waals surface area contributed by atoms with Crippen LogP contribution in [0.5, 0.6) is 0 Å². The van der Waals surface area contributed by atoms with Gasteiger partial charge in [0.25, 0.3) is 0 Å². The quantitative estimate of drug-likeness (QED) is 0.632. The fourth-order valence-electron chi connectivity index (χ4n) is 3.08. The van der Waals surface area contributed by atoms with E-state index in [0.29, 0.717) is 6.54 Å². The third kappa shape index (κ3) is 2.16. The third-order valence-electron chi connectivity index (χ3n) is 4.32. The molecule has 0 aromatic heterocycles. The summed E-state index contributed by atoms with van der Waals surface area (Å²) in [6.45, 7) is 0.349. The number of methoxy groups -OCH3 is 1. The van der Waals surface area contributed by atoms with Crippen molar-refractivity contribution < 1.29 is 19.1 Å². The topological polar surface area (TPSA) is 55.6 Å². The summed E-state index contributed by atoms with van der Waals surface area (Å²) in [5.41, 5.74) is 4.10. The lowest BCUT2D eigenvalue weighted by atomic mass is 10.1. The predicted molar refractivity (Wildman–Crippen MR) is 82.7 cm³/mol. The van der Waals surface area contributed by atoms with Gasteiger partial charge in [0.05, 0.1) is 13.7 Å². The van der Waals surface area contributed by atoms with Crippen molar-refractivity contribution in [1.29, 1.82) is 0 Å². The van der Waals surface area contributed by atoms with E-state index in [-0.39, 0.29) is 0 Å². The molecule has 1 unspecified atom stereocenters. The van der Waals surface area contributed by atoms with Crippen LogP contribution in [0.2, 0.25) is 0 Å². The van der Waals surface area contributed by atoms with E-state index in [2.05, 4.69) is 4.74 Å². The first-order chi connectivity index (χ1) is 11.2. The largest absolute Gasteiger partial charge is 0.467 e. The Bertz CT molecular complexity index is 756. The fraction of sp³-hybridized carbons (Fsp3) is 0.222. The molecule has 5 heteroatoms. The van der Waals surface area contributed by atoms with Gasteiger partial charge in [-0.05, 0) is 11.1 Å². The van der Waals surface area contributed by atoms with Crippen LogP contribution in [0.15, 0.2) is 48.5 Å². The molecule has 0 saturated carbocycles. The highest BCUT2D eigenvalue weighted by Crippen LogP contribution is 2.45. The molecule has 1 heterocycles. The molecule has 1 aliphatic carbocycles. The van der Waals surface area contributed by atoms with E-state index in [9.17, 15) is 9.59 Å². The molecular formula is C18H15NO4. The summed E-state index contributed by atoms with van der Waals surface area (Å²) >= 11 is 0. The van der Waals surface area contributed by atoms with Gasteiger partial charge in [0.15, 0.2) is 12.1 Å². The van der Waals surface area contributed by atoms with Crippen LogP contribution in [0.25, 0.3) is 11.1 Å². The molecule has 0 bridgehead atoms. The summed E-state index contributed by atoms with van der Waals surface area (Å²) in [5, 5.41) is 0. The molecule has 23 heavy (non-hydrogen) atoms. The Hall–Kier alpha value is -2.82. The highest BCUT2D eigenvalue weighted by molar-refractivity contribution is 5.87. The minimum atomic E-state index is -0.514. The number of esters is 1. The van der Waals surface area contributed by atoms with Gasteiger partial charge in [0.1, 0.15) is 0 Å². The maximum atomic E-state index is 12.3. The van der Waals surface area contributed by atoms with Crippen LogP contribution in [0.4, 0.5) is 4.79 Å².